The van der Waals surface area contributed by atoms with E-state index in [-0.39, 0.29) is 0 Å². The van der Waals surface area contributed by atoms with Crippen molar-refractivity contribution in [1.82, 2.24) is 4.90 Å². The summed E-state index contributed by atoms with van der Waals surface area (Å²) in [6.45, 7) is 2.66. The molecule has 0 saturated heterocycles. The van der Waals surface area contributed by atoms with Gasteiger partial charge in [-0.3, -0.25) is 4.90 Å². The molecule has 0 aliphatic carbocycles. The van der Waals surface area contributed by atoms with Gasteiger partial charge in [0.2, 0.25) is 0 Å². The highest BCUT2D eigenvalue weighted by molar-refractivity contribution is 7.16. The topological polar surface area (TPSA) is 53.1 Å². The Morgan fingerprint density at radius 3 is 2.78 bits per heavy atom. The predicted molar refractivity (Wildman–Crippen MR) is 72.8 cm³/mol. The van der Waals surface area contributed by atoms with Crippen molar-refractivity contribution in [3.63, 3.8) is 0 Å². The third-order valence-electron chi connectivity index (χ3n) is 3.23. The Morgan fingerprint density at radius 2 is 2.06 bits per heavy atom. The lowest BCUT2D eigenvalue weighted by Crippen LogP contribution is -2.15. The maximum atomic E-state index is 9.11. The lowest BCUT2D eigenvalue weighted by atomic mass is 10.2. The van der Waals surface area contributed by atoms with Crippen LogP contribution in [-0.4, -0.2) is 4.90 Å². The van der Waals surface area contributed by atoms with E-state index in [1.165, 1.54) is 10.4 Å². The number of fused-ring (bicyclic) bond motifs is 1. The van der Waals surface area contributed by atoms with Gasteiger partial charge < -0.3 is 5.73 Å². The minimum Gasteiger partial charge on any atom is -0.389 e. The number of nitrogens with two attached hydrogens (primary N) is 1. The van der Waals surface area contributed by atoms with Gasteiger partial charge in [-0.2, -0.15) is 5.26 Å². The molecular formula is C14H13N3S. The zero-order valence-electron chi connectivity index (χ0n) is 9.89. The number of hydrogen-bond acceptors (Lipinski definition) is 4. The van der Waals surface area contributed by atoms with Crippen LogP contribution < -0.4 is 5.73 Å². The van der Waals surface area contributed by atoms with Crippen molar-refractivity contribution in [2.45, 2.75) is 19.6 Å². The number of rotatable bonds is 2. The van der Waals surface area contributed by atoms with Crippen LogP contribution in [0.4, 0.5) is 5.00 Å². The van der Waals surface area contributed by atoms with Crippen LogP contribution >= 0.6 is 11.3 Å². The molecule has 2 heterocycles. The van der Waals surface area contributed by atoms with Crippen molar-refractivity contribution in [3.05, 3.63) is 51.9 Å². The molecule has 3 rings (SSSR count). The summed E-state index contributed by atoms with van der Waals surface area (Å²) in [6, 6.07) is 12.6. The molecule has 1 aliphatic heterocycles. The zero-order valence-corrected chi connectivity index (χ0v) is 10.7. The summed E-state index contributed by atoms with van der Waals surface area (Å²) in [6.07, 6.45) is 0. The Hall–Kier alpha value is -1.83. The highest BCUT2D eigenvalue weighted by atomic mass is 32.1. The quantitative estimate of drug-likeness (QED) is 0.897. The van der Waals surface area contributed by atoms with Crippen LogP contribution in [0.5, 0.6) is 0 Å². The fourth-order valence-corrected chi connectivity index (χ4v) is 3.46. The summed E-state index contributed by atoms with van der Waals surface area (Å²) in [5.41, 5.74) is 8.96. The molecule has 1 aromatic carbocycles. The maximum absolute atomic E-state index is 9.11. The van der Waals surface area contributed by atoms with Crippen molar-refractivity contribution in [2.24, 2.45) is 0 Å². The van der Waals surface area contributed by atoms with Crippen LogP contribution in [0.15, 0.2) is 30.3 Å². The first-order valence-electron chi connectivity index (χ1n) is 5.84. The minimum atomic E-state index is 0.668. The molecule has 0 amide bonds. The van der Waals surface area contributed by atoms with Gasteiger partial charge >= 0.3 is 0 Å². The molecule has 2 aromatic rings. The molecule has 0 radical (unpaired) electrons. The molecule has 3 nitrogen and oxygen atoms in total. The van der Waals surface area contributed by atoms with Crippen LogP contribution in [0.2, 0.25) is 0 Å². The fourth-order valence-electron chi connectivity index (χ4n) is 2.39. The van der Waals surface area contributed by atoms with Crippen molar-refractivity contribution in [2.75, 3.05) is 5.73 Å². The van der Waals surface area contributed by atoms with E-state index in [4.69, 9.17) is 11.0 Å². The number of nitriles is 1. The monoisotopic (exact) mass is 255 g/mol. The predicted octanol–water partition coefficient (Wildman–Crippen LogP) is 2.72. The zero-order chi connectivity index (χ0) is 12.5. The molecule has 90 valence electrons. The van der Waals surface area contributed by atoms with Crippen LogP contribution in [-0.2, 0) is 19.6 Å². The first kappa shape index (κ1) is 11.3. The van der Waals surface area contributed by atoms with Gasteiger partial charge in [0.25, 0.3) is 0 Å². The highest BCUT2D eigenvalue weighted by Crippen LogP contribution is 2.37. The van der Waals surface area contributed by atoms with E-state index in [1.54, 1.807) is 11.3 Å². The van der Waals surface area contributed by atoms with Gasteiger partial charge in [0.05, 0.1) is 5.56 Å². The number of nitrogen functional groups attached to an aromatic ring is 1. The van der Waals surface area contributed by atoms with Crippen molar-refractivity contribution in [3.8, 4) is 6.07 Å². The molecule has 0 atom stereocenters. The van der Waals surface area contributed by atoms with Crippen molar-refractivity contribution in [1.29, 1.82) is 5.26 Å². The molecule has 4 heteroatoms. The summed E-state index contributed by atoms with van der Waals surface area (Å²) in [7, 11) is 0. The third kappa shape index (κ3) is 1.88. The van der Waals surface area contributed by atoms with E-state index in [9.17, 15) is 0 Å². The molecule has 2 N–H and O–H groups in total. The van der Waals surface area contributed by atoms with Gasteiger partial charge in [-0.15, -0.1) is 11.3 Å². The standard InChI is InChI=1S/C14H13N3S/c15-6-11-12-8-17(9-13(12)18-14(11)16)7-10-4-2-1-3-5-10/h1-5H,7-9,16H2. The number of hydrogen-bond donors (Lipinski definition) is 1. The summed E-state index contributed by atoms with van der Waals surface area (Å²) in [4.78, 5) is 3.59. The van der Waals surface area contributed by atoms with Gasteiger partial charge in [-0.1, -0.05) is 30.3 Å². The average molecular weight is 255 g/mol. The largest absolute Gasteiger partial charge is 0.389 e. The lowest BCUT2D eigenvalue weighted by molar-refractivity contribution is 0.276. The highest BCUT2D eigenvalue weighted by Gasteiger charge is 2.26. The van der Waals surface area contributed by atoms with Gasteiger partial charge in [0.1, 0.15) is 11.1 Å². The Labute approximate surface area is 110 Å². The SMILES string of the molecule is N#Cc1c(N)sc2c1CN(Cc1ccccc1)C2. The third-order valence-corrected chi connectivity index (χ3v) is 4.27. The molecule has 18 heavy (non-hydrogen) atoms. The van der Waals surface area contributed by atoms with E-state index >= 15 is 0 Å². The van der Waals surface area contributed by atoms with Gasteiger partial charge in [-0.25, -0.2) is 0 Å². The summed E-state index contributed by atoms with van der Waals surface area (Å²) < 4.78 is 0. The van der Waals surface area contributed by atoms with E-state index in [0.717, 1.165) is 25.2 Å². The molecule has 1 aliphatic rings. The van der Waals surface area contributed by atoms with Gasteiger partial charge in [-0.05, 0) is 5.56 Å². The second-order valence-corrected chi connectivity index (χ2v) is 5.62. The molecule has 0 spiro atoms. The second kappa shape index (κ2) is 4.45. The van der Waals surface area contributed by atoms with Gasteiger partial charge in [0, 0.05) is 30.1 Å². The molecular weight excluding hydrogens is 242 g/mol. The van der Waals surface area contributed by atoms with Crippen molar-refractivity contribution < 1.29 is 0 Å². The first-order chi connectivity index (χ1) is 8.78. The van der Waals surface area contributed by atoms with Crippen LogP contribution in [0.1, 0.15) is 21.6 Å². The lowest BCUT2D eigenvalue weighted by Gasteiger charge is -2.15. The maximum Gasteiger partial charge on any atom is 0.104 e. The van der Waals surface area contributed by atoms with E-state index in [2.05, 4.69) is 35.2 Å². The molecule has 0 unspecified atom stereocenters. The summed E-state index contributed by atoms with van der Waals surface area (Å²) >= 11 is 1.56. The Morgan fingerprint density at radius 1 is 1.28 bits per heavy atom. The molecule has 0 fully saturated rings. The van der Waals surface area contributed by atoms with E-state index < -0.39 is 0 Å². The Balaban J connectivity index is 1.78. The summed E-state index contributed by atoms with van der Waals surface area (Å²) in [5, 5.41) is 9.77. The normalized spacial score (nSPS) is 14.4. The Kier molecular flexibility index (Phi) is 2.78. The molecule has 0 saturated carbocycles. The molecule has 1 aromatic heterocycles. The number of thiophene rings is 1. The Bertz CT molecular complexity index is 610. The smallest absolute Gasteiger partial charge is 0.104 e. The number of benzene rings is 1. The number of anilines is 1. The average Bonchev–Trinajstić information content (AvgIpc) is 2.86. The fraction of sp³-hybridized carbons (Fsp3) is 0.214. The second-order valence-electron chi connectivity index (χ2n) is 4.49. The van der Waals surface area contributed by atoms with E-state index in [1.807, 2.05) is 6.07 Å². The van der Waals surface area contributed by atoms with Crippen LogP contribution in [0.3, 0.4) is 0 Å². The van der Waals surface area contributed by atoms with E-state index in [0.29, 0.717) is 10.6 Å². The van der Waals surface area contributed by atoms with Crippen molar-refractivity contribution >= 4 is 16.3 Å². The minimum absolute atomic E-state index is 0.668. The van der Waals surface area contributed by atoms with Crippen LogP contribution in [0, 0.1) is 11.3 Å². The number of nitrogens with zero attached hydrogens (tertiary/aromatic N) is 2. The van der Waals surface area contributed by atoms with Gasteiger partial charge in [0.15, 0.2) is 0 Å². The molecule has 0 bridgehead atoms. The first-order valence-corrected chi connectivity index (χ1v) is 6.66. The summed E-state index contributed by atoms with van der Waals surface area (Å²) in [5.74, 6) is 0. The van der Waals surface area contributed by atoms with Crippen LogP contribution in [0.25, 0.3) is 0 Å².